The summed E-state index contributed by atoms with van der Waals surface area (Å²) >= 11 is 11.7. The third-order valence-electron chi connectivity index (χ3n) is 3.99. The van der Waals surface area contributed by atoms with Crippen LogP contribution in [0.25, 0.3) is 0 Å². The fourth-order valence-electron chi connectivity index (χ4n) is 2.76. The molecule has 0 unspecified atom stereocenters. The smallest absolute Gasteiger partial charge is 0.344 e. The zero-order chi connectivity index (χ0) is 18.5. The Labute approximate surface area is 161 Å². The van der Waals surface area contributed by atoms with E-state index in [-0.39, 0.29) is 13.2 Å². The van der Waals surface area contributed by atoms with Gasteiger partial charge in [-0.3, -0.25) is 4.79 Å². The predicted octanol–water partition coefficient (Wildman–Crippen LogP) is 4.04. The van der Waals surface area contributed by atoms with E-state index in [9.17, 15) is 9.59 Å². The molecule has 1 N–H and O–H groups in total. The van der Waals surface area contributed by atoms with Crippen molar-refractivity contribution in [2.45, 2.75) is 19.3 Å². The molecule has 5 nitrogen and oxygen atoms in total. The molecule has 1 amide bonds. The molecule has 0 aromatic heterocycles. The first-order valence-corrected chi connectivity index (χ1v) is 8.92. The van der Waals surface area contributed by atoms with Gasteiger partial charge < -0.3 is 14.8 Å². The van der Waals surface area contributed by atoms with Crippen LogP contribution in [-0.2, 0) is 27.2 Å². The molecule has 0 heterocycles. The third kappa shape index (κ3) is 4.90. The zero-order valence-corrected chi connectivity index (χ0v) is 15.4. The van der Waals surface area contributed by atoms with Crippen molar-refractivity contribution in [2.24, 2.45) is 0 Å². The monoisotopic (exact) mass is 393 g/mol. The molecule has 26 heavy (non-hydrogen) atoms. The number of halogens is 2. The molecule has 1 aliphatic rings. The summed E-state index contributed by atoms with van der Waals surface area (Å²) in [6, 6.07) is 10.5. The molecule has 2 aromatic carbocycles. The highest BCUT2D eigenvalue weighted by Crippen LogP contribution is 2.27. The van der Waals surface area contributed by atoms with Crippen molar-refractivity contribution < 1.29 is 19.1 Å². The molecule has 0 spiro atoms. The highest BCUT2D eigenvalue weighted by atomic mass is 35.5. The van der Waals surface area contributed by atoms with E-state index in [1.54, 1.807) is 12.1 Å². The van der Waals surface area contributed by atoms with Gasteiger partial charge in [0, 0.05) is 10.7 Å². The van der Waals surface area contributed by atoms with Crippen molar-refractivity contribution in [2.75, 3.05) is 18.5 Å². The van der Waals surface area contributed by atoms with Gasteiger partial charge in [-0.05, 0) is 60.7 Å². The predicted molar refractivity (Wildman–Crippen MR) is 100 cm³/mol. The summed E-state index contributed by atoms with van der Waals surface area (Å²) in [6.45, 7) is -0.735. The molecular weight excluding hydrogens is 377 g/mol. The number of ether oxygens (including phenoxy) is 2. The SMILES string of the molecule is O=C(COC(=O)COc1ccc(Cl)cc1Cl)Nc1ccc2c(c1)CCC2. The number of nitrogens with one attached hydrogen (secondary N) is 1. The molecule has 0 saturated heterocycles. The fourth-order valence-corrected chi connectivity index (χ4v) is 3.23. The quantitative estimate of drug-likeness (QED) is 0.751. The number of hydrogen-bond acceptors (Lipinski definition) is 4. The summed E-state index contributed by atoms with van der Waals surface area (Å²) in [4.78, 5) is 23.6. The van der Waals surface area contributed by atoms with Crippen LogP contribution in [0.15, 0.2) is 36.4 Å². The summed E-state index contributed by atoms with van der Waals surface area (Å²) in [5, 5.41) is 3.48. The van der Waals surface area contributed by atoms with Gasteiger partial charge in [0.15, 0.2) is 13.2 Å². The first-order valence-electron chi connectivity index (χ1n) is 8.16. The molecule has 1 aliphatic carbocycles. The topological polar surface area (TPSA) is 64.6 Å². The molecule has 0 radical (unpaired) electrons. The largest absolute Gasteiger partial charge is 0.480 e. The van der Waals surface area contributed by atoms with E-state index in [2.05, 4.69) is 5.32 Å². The molecule has 0 saturated carbocycles. The molecule has 7 heteroatoms. The standard InChI is InChI=1S/C19H17Cl2NO4/c20-14-5-7-17(16(21)9-14)25-11-19(24)26-10-18(23)22-15-6-4-12-2-1-3-13(12)8-15/h4-9H,1-3,10-11H2,(H,22,23). The molecular formula is C19H17Cl2NO4. The van der Waals surface area contributed by atoms with Gasteiger partial charge >= 0.3 is 5.97 Å². The first kappa shape index (κ1) is 18.5. The van der Waals surface area contributed by atoms with E-state index in [0.717, 1.165) is 19.3 Å². The Morgan fingerprint density at radius 1 is 1.00 bits per heavy atom. The lowest BCUT2D eigenvalue weighted by Crippen LogP contribution is -2.23. The second-order valence-electron chi connectivity index (χ2n) is 5.91. The van der Waals surface area contributed by atoms with Crippen molar-refractivity contribution in [3.05, 3.63) is 57.6 Å². The van der Waals surface area contributed by atoms with Crippen LogP contribution in [0.3, 0.4) is 0 Å². The minimum atomic E-state index is -0.667. The van der Waals surface area contributed by atoms with E-state index >= 15 is 0 Å². The van der Waals surface area contributed by atoms with Gasteiger partial charge in [0.2, 0.25) is 0 Å². The van der Waals surface area contributed by atoms with Crippen molar-refractivity contribution in [1.82, 2.24) is 0 Å². The van der Waals surface area contributed by atoms with Crippen LogP contribution in [0.4, 0.5) is 5.69 Å². The van der Waals surface area contributed by atoms with Crippen LogP contribution in [0.2, 0.25) is 10.0 Å². The van der Waals surface area contributed by atoms with E-state index in [4.69, 9.17) is 32.7 Å². The van der Waals surface area contributed by atoms with Gasteiger partial charge in [-0.2, -0.15) is 0 Å². The van der Waals surface area contributed by atoms with Crippen LogP contribution in [0.5, 0.6) is 5.75 Å². The lowest BCUT2D eigenvalue weighted by molar-refractivity contribution is -0.149. The number of fused-ring (bicyclic) bond motifs is 1. The Morgan fingerprint density at radius 3 is 2.62 bits per heavy atom. The molecule has 0 bridgehead atoms. The molecule has 0 atom stereocenters. The summed E-state index contributed by atoms with van der Waals surface area (Å²) in [5.74, 6) is -0.753. The summed E-state index contributed by atoms with van der Waals surface area (Å²) in [6.07, 6.45) is 3.25. The number of aryl methyl sites for hydroxylation is 2. The van der Waals surface area contributed by atoms with Crippen LogP contribution in [0, 0.1) is 0 Å². The molecule has 0 fully saturated rings. The van der Waals surface area contributed by atoms with Crippen molar-refractivity contribution in [1.29, 1.82) is 0 Å². The summed E-state index contributed by atoms with van der Waals surface area (Å²) < 4.78 is 10.2. The highest BCUT2D eigenvalue weighted by molar-refractivity contribution is 6.35. The van der Waals surface area contributed by atoms with Gasteiger partial charge in [0.1, 0.15) is 5.75 Å². The summed E-state index contributed by atoms with van der Waals surface area (Å²) in [7, 11) is 0. The summed E-state index contributed by atoms with van der Waals surface area (Å²) in [5.41, 5.74) is 3.29. The second-order valence-corrected chi connectivity index (χ2v) is 6.75. The van der Waals surface area contributed by atoms with Crippen molar-refractivity contribution in [3.8, 4) is 5.75 Å². The number of hydrogen-bond donors (Lipinski definition) is 1. The van der Waals surface area contributed by atoms with Crippen LogP contribution in [-0.4, -0.2) is 25.1 Å². The number of esters is 1. The Kier molecular flexibility index (Phi) is 6.01. The van der Waals surface area contributed by atoms with E-state index in [0.29, 0.717) is 21.5 Å². The molecule has 136 valence electrons. The van der Waals surface area contributed by atoms with Crippen LogP contribution in [0.1, 0.15) is 17.5 Å². The Balaban J connectivity index is 1.43. The van der Waals surface area contributed by atoms with Crippen molar-refractivity contribution in [3.63, 3.8) is 0 Å². The maximum Gasteiger partial charge on any atom is 0.344 e. The number of anilines is 1. The normalized spacial score (nSPS) is 12.4. The van der Waals surface area contributed by atoms with Gasteiger partial charge in [0.05, 0.1) is 5.02 Å². The number of benzene rings is 2. The number of carbonyl (C=O) groups excluding carboxylic acids is 2. The second kappa shape index (κ2) is 8.43. The number of amides is 1. The van der Waals surface area contributed by atoms with E-state index in [1.807, 2.05) is 18.2 Å². The minimum absolute atomic E-state index is 0.291. The molecule has 2 aromatic rings. The Morgan fingerprint density at radius 2 is 1.81 bits per heavy atom. The lowest BCUT2D eigenvalue weighted by Gasteiger charge is -2.10. The molecule has 3 rings (SSSR count). The van der Waals surface area contributed by atoms with Gasteiger partial charge in [0.25, 0.3) is 5.91 Å². The van der Waals surface area contributed by atoms with Gasteiger partial charge in [-0.1, -0.05) is 29.3 Å². The van der Waals surface area contributed by atoms with E-state index < -0.39 is 11.9 Å². The Bertz CT molecular complexity index is 838. The Hall–Kier alpha value is -2.24. The average Bonchev–Trinajstić information content (AvgIpc) is 3.07. The van der Waals surface area contributed by atoms with Gasteiger partial charge in [-0.15, -0.1) is 0 Å². The first-order chi connectivity index (χ1) is 12.5. The maximum atomic E-state index is 11.9. The van der Waals surface area contributed by atoms with Crippen LogP contribution < -0.4 is 10.1 Å². The number of rotatable bonds is 6. The third-order valence-corrected chi connectivity index (χ3v) is 4.52. The maximum absolute atomic E-state index is 11.9. The molecule has 0 aliphatic heterocycles. The number of carbonyl (C=O) groups is 2. The van der Waals surface area contributed by atoms with Crippen molar-refractivity contribution >= 4 is 40.8 Å². The highest BCUT2D eigenvalue weighted by Gasteiger charge is 2.13. The lowest BCUT2D eigenvalue weighted by atomic mass is 10.1. The fraction of sp³-hybridized carbons (Fsp3) is 0.263. The zero-order valence-electron chi connectivity index (χ0n) is 13.9. The van der Waals surface area contributed by atoms with Crippen LogP contribution >= 0.6 is 23.2 Å². The van der Waals surface area contributed by atoms with E-state index in [1.165, 1.54) is 17.2 Å². The minimum Gasteiger partial charge on any atom is -0.480 e. The van der Waals surface area contributed by atoms with Gasteiger partial charge in [-0.25, -0.2) is 4.79 Å². The average molecular weight is 394 g/mol.